The third kappa shape index (κ3) is 7.01. The molecule has 4 amide bonds. The number of aromatic amines is 2. The summed E-state index contributed by atoms with van der Waals surface area (Å²) < 4.78 is 31.2. The molecule has 2 bridgehead atoms. The van der Waals surface area contributed by atoms with Crippen LogP contribution >= 0.6 is 0 Å². The number of nitrogens with one attached hydrogen (secondary N) is 4. The van der Waals surface area contributed by atoms with Gasteiger partial charge in [0.2, 0.25) is 11.8 Å². The molecule has 9 atom stereocenters. The first kappa shape index (κ1) is 41.3. The molecule has 2 aliphatic heterocycles. The number of benzene rings is 3. The highest BCUT2D eigenvalue weighted by Gasteiger charge is 2.64. The van der Waals surface area contributed by atoms with Crippen LogP contribution in [-0.4, -0.2) is 105 Å². The monoisotopic (exact) mass is 848 g/mol. The van der Waals surface area contributed by atoms with Crippen LogP contribution in [0.1, 0.15) is 83.5 Å². The number of carbonyl (C=O) groups is 4. The van der Waals surface area contributed by atoms with Gasteiger partial charge in [0.15, 0.2) is 0 Å². The van der Waals surface area contributed by atoms with E-state index in [0.29, 0.717) is 28.5 Å². The molecule has 15 nitrogen and oxygen atoms in total. The number of ether oxygens (including phenoxy) is 3. The summed E-state index contributed by atoms with van der Waals surface area (Å²) in [6, 6.07) is 12.8. The lowest BCUT2D eigenvalue weighted by Gasteiger charge is -2.37. The number of alkyl carbamates (subject to hydrolysis) is 2. The molecule has 16 heteroatoms. The zero-order valence-corrected chi connectivity index (χ0v) is 36.0. The minimum Gasteiger partial charge on any atom is -0.453 e. The van der Waals surface area contributed by atoms with Crippen molar-refractivity contribution < 1.29 is 37.8 Å². The summed E-state index contributed by atoms with van der Waals surface area (Å²) in [5.74, 6) is 0.467. The van der Waals surface area contributed by atoms with Crippen LogP contribution in [0.15, 0.2) is 54.7 Å². The SMILES string of the molecule is COC(=O)NC(C(=O)N1[C@@H]2CC[C@@H](C2)[C@H]1c1ncc(-c2ccc(-c3ccc4c(ccc5[nH]c([C@@H]6CC7(C)C[C@@H]7N6C(=O)[C@@H](NC(=O)OC)C(C)C)nc54)c3)cc2F)[nH]1)[C@@H](C)OC. The lowest BCUT2D eigenvalue weighted by atomic mass is 9.96. The van der Waals surface area contributed by atoms with E-state index in [1.807, 2.05) is 60.0 Å². The standard InChI is InChI=1S/C46H53FN8O7/c1-22(2)36(52-44(58)61-6)42(56)55-34(19-46(4)20-35(46)55)40-49-32-15-11-26-16-24(9-13-29(26)38(32)51-40)25-10-14-30(31(47)18-25)33-21-48-41(50-33)39-27-8-12-28(17-27)54(39)43(57)37(23(3)60-5)53-45(59)62-7/h9-11,13-16,18,21-23,27-28,34-37,39H,8,12,17,19-20H2,1-7H3,(H,48,50)(H,49,51)(H,52,58)(H,53,59)/t23-,27+,28-,34+,35+,36+,37?,39+,46?/m1/s1. The number of aromatic nitrogens is 4. The maximum atomic E-state index is 16.1. The quantitative estimate of drug-likeness (QED) is 0.107. The summed E-state index contributed by atoms with van der Waals surface area (Å²) in [4.78, 5) is 72.8. The van der Waals surface area contributed by atoms with E-state index >= 15 is 4.39 Å². The zero-order valence-electron chi connectivity index (χ0n) is 36.0. The third-order valence-corrected chi connectivity index (χ3v) is 14.0. The molecule has 4 heterocycles. The maximum absolute atomic E-state index is 16.1. The number of nitrogens with zero attached hydrogens (tertiary/aromatic N) is 4. The molecule has 326 valence electrons. The summed E-state index contributed by atoms with van der Waals surface area (Å²) in [6.45, 7) is 7.73. The lowest BCUT2D eigenvalue weighted by Crippen LogP contribution is -2.56. The minimum atomic E-state index is -0.956. The van der Waals surface area contributed by atoms with Gasteiger partial charge < -0.3 is 44.6 Å². The highest BCUT2D eigenvalue weighted by molar-refractivity contribution is 6.05. The Kier molecular flexibility index (Phi) is 10.5. The molecular formula is C46H53FN8O7. The highest BCUT2D eigenvalue weighted by atomic mass is 19.1. The van der Waals surface area contributed by atoms with E-state index in [2.05, 4.69) is 32.5 Å². The van der Waals surface area contributed by atoms with Gasteiger partial charge >= 0.3 is 12.2 Å². The predicted octanol–water partition coefficient (Wildman–Crippen LogP) is 7.16. The van der Waals surface area contributed by atoms with Gasteiger partial charge in [-0.25, -0.2) is 23.9 Å². The number of imidazole rings is 2. The number of likely N-dealkylation sites (tertiary alicyclic amines) is 2. The first-order valence-electron chi connectivity index (χ1n) is 21.4. The molecule has 62 heavy (non-hydrogen) atoms. The fourth-order valence-corrected chi connectivity index (χ4v) is 10.4. The van der Waals surface area contributed by atoms with Crippen LogP contribution in [0.5, 0.6) is 0 Å². The van der Waals surface area contributed by atoms with Crippen molar-refractivity contribution in [1.29, 1.82) is 0 Å². The van der Waals surface area contributed by atoms with Crippen molar-refractivity contribution in [2.24, 2.45) is 17.3 Å². The predicted molar refractivity (Wildman–Crippen MR) is 228 cm³/mol. The number of hydrogen-bond donors (Lipinski definition) is 4. The van der Waals surface area contributed by atoms with Gasteiger partial charge in [-0.15, -0.1) is 0 Å². The molecule has 2 saturated carbocycles. The van der Waals surface area contributed by atoms with E-state index in [1.54, 1.807) is 19.2 Å². The Bertz CT molecular complexity index is 2590. The molecule has 2 aliphatic carbocycles. The summed E-state index contributed by atoms with van der Waals surface area (Å²) in [7, 11) is 4.02. The fourth-order valence-electron chi connectivity index (χ4n) is 10.4. The molecule has 4 N–H and O–H groups in total. The van der Waals surface area contributed by atoms with Crippen molar-refractivity contribution >= 4 is 45.8 Å². The van der Waals surface area contributed by atoms with Crippen LogP contribution in [0, 0.1) is 23.1 Å². The van der Waals surface area contributed by atoms with Gasteiger partial charge in [0.05, 0.1) is 55.3 Å². The number of carbonyl (C=O) groups excluding carboxylic acids is 4. The Hall–Kier alpha value is -6.03. The molecule has 4 fully saturated rings. The molecule has 0 radical (unpaired) electrons. The third-order valence-electron chi connectivity index (χ3n) is 14.0. The smallest absolute Gasteiger partial charge is 0.407 e. The van der Waals surface area contributed by atoms with Crippen molar-refractivity contribution in [3.63, 3.8) is 0 Å². The topological polar surface area (TPSA) is 184 Å². The van der Waals surface area contributed by atoms with Crippen LogP contribution in [0.3, 0.4) is 0 Å². The summed E-state index contributed by atoms with van der Waals surface area (Å²) in [5, 5.41) is 7.25. The first-order valence-corrected chi connectivity index (χ1v) is 21.4. The number of halogens is 1. The van der Waals surface area contributed by atoms with Crippen LogP contribution < -0.4 is 10.6 Å². The minimum absolute atomic E-state index is 0.00976. The van der Waals surface area contributed by atoms with Crippen LogP contribution in [0.2, 0.25) is 0 Å². The van der Waals surface area contributed by atoms with Gasteiger partial charge in [0, 0.05) is 30.1 Å². The first-order chi connectivity index (χ1) is 29.7. The Balaban J connectivity index is 0.954. The Labute approximate surface area is 358 Å². The maximum Gasteiger partial charge on any atom is 0.407 e. The van der Waals surface area contributed by atoms with E-state index in [0.717, 1.165) is 59.5 Å². The van der Waals surface area contributed by atoms with Gasteiger partial charge in [-0.3, -0.25) is 9.59 Å². The normalized spacial score (nSPS) is 25.2. The summed E-state index contributed by atoms with van der Waals surface area (Å²) in [5.41, 5.74) is 4.00. The van der Waals surface area contributed by atoms with E-state index in [9.17, 15) is 19.2 Å². The van der Waals surface area contributed by atoms with Crippen LogP contribution in [0.25, 0.3) is 44.2 Å². The molecule has 9 rings (SSSR count). The van der Waals surface area contributed by atoms with Gasteiger partial charge in [-0.05, 0) is 97.1 Å². The van der Waals surface area contributed by atoms with Crippen LogP contribution in [0.4, 0.5) is 14.0 Å². The average Bonchev–Trinajstić information content (AvgIpc) is 3.95. The van der Waals surface area contributed by atoms with Crippen molar-refractivity contribution in [3.05, 3.63) is 72.2 Å². The largest absolute Gasteiger partial charge is 0.453 e. The van der Waals surface area contributed by atoms with Gasteiger partial charge in [0.1, 0.15) is 29.5 Å². The van der Waals surface area contributed by atoms with Crippen LogP contribution in [-0.2, 0) is 23.8 Å². The van der Waals surface area contributed by atoms with E-state index in [-0.39, 0.29) is 53.2 Å². The molecule has 2 aromatic heterocycles. The number of hydrogen-bond acceptors (Lipinski definition) is 9. The van der Waals surface area contributed by atoms with E-state index in [4.69, 9.17) is 19.2 Å². The fraction of sp³-hybridized carbons (Fsp3) is 0.478. The molecule has 0 spiro atoms. The summed E-state index contributed by atoms with van der Waals surface area (Å²) >= 11 is 0. The summed E-state index contributed by atoms with van der Waals surface area (Å²) in [6.07, 6.45) is 3.92. The van der Waals surface area contributed by atoms with Crippen molar-refractivity contribution in [2.75, 3.05) is 21.3 Å². The molecule has 2 saturated heterocycles. The molecule has 2 unspecified atom stereocenters. The highest BCUT2D eigenvalue weighted by Crippen LogP contribution is 2.63. The number of piperidine rings is 2. The van der Waals surface area contributed by atoms with Crippen molar-refractivity contribution in [3.8, 4) is 22.4 Å². The molecular weight excluding hydrogens is 796 g/mol. The number of methoxy groups -OCH3 is 3. The Morgan fingerprint density at radius 2 is 1.56 bits per heavy atom. The Morgan fingerprint density at radius 3 is 2.27 bits per heavy atom. The van der Waals surface area contributed by atoms with Gasteiger partial charge in [-0.2, -0.15) is 0 Å². The van der Waals surface area contributed by atoms with Crippen molar-refractivity contribution in [1.82, 2.24) is 40.4 Å². The second kappa shape index (κ2) is 15.7. The second-order valence-electron chi connectivity index (χ2n) is 18.1. The average molecular weight is 849 g/mol. The number of H-pyrrole nitrogens is 2. The second-order valence-corrected chi connectivity index (χ2v) is 18.1. The van der Waals surface area contributed by atoms with E-state index in [1.165, 1.54) is 27.4 Å². The zero-order chi connectivity index (χ0) is 43.8. The van der Waals surface area contributed by atoms with Gasteiger partial charge in [0.25, 0.3) is 0 Å². The van der Waals surface area contributed by atoms with Crippen molar-refractivity contribution in [2.45, 2.75) is 102 Å². The molecule has 4 aliphatic rings. The van der Waals surface area contributed by atoms with Gasteiger partial charge in [-0.1, -0.05) is 45.0 Å². The Morgan fingerprint density at radius 1 is 0.855 bits per heavy atom. The van der Waals surface area contributed by atoms with E-state index < -0.39 is 36.2 Å². The number of fused-ring (bicyclic) bond motifs is 6. The number of rotatable bonds is 11. The number of amides is 4. The lowest BCUT2D eigenvalue weighted by molar-refractivity contribution is -0.141. The molecule has 3 aromatic carbocycles. The molecule has 5 aromatic rings.